The topological polar surface area (TPSA) is 63.4 Å². The minimum Gasteiger partial charge on any atom is -0.360 e. The van der Waals surface area contributed by atoms with Crippen LogP contribution in [0.1, 0.15) is 48.7 Å². The molecule has 1 aromatic carbocycles. The average Bonchev–Trinajstić information content (AvgIpc) is 2.75. The van der Waals surface area contributed by atoms with Gasteiger partial charge in [-0.25, -0.2) is 12.8 Å². The predicted octanol–water partition coefficient (Wildman–Crippen LogP) is 3.74. The second kappa shape index (κ2) is 6.64. The first kappa shape index (κ1) is 17.1. The van der Waals surface area contributed by atoms with Gasteiger partial charge in [0.25, 0.3) is 0 Å². The van der Waals surface area contributed by atoms with Crippen molar-refractivity contribution in [3.05, 3.63) is 47.1 Å². The molecule has 0 bridgehead atoms. The first-order chi connectivity index (χ1) is 11.4. The van der Waals surface area contributed by atoms with Crippen molar-refractivity contribution >= 4 is 10.0 Å². The second-order valence-electron chi connectivity index (χ2n) is 6.19. The van der Waals surface area contributed by atoms with Crippen LogP contribution in [0, 0.1) is 19.7 Å². The number of benzene rings is 1. The normalized spacial score (nSPS) is 20.0. The Morgan fingerprint density at radius 2 is 2.04 bits per heavy atom. The molecule has 0 radical (unpaired) electrons. The van der Waals surface area contributed by atoms with Gasteiger partial charge in [-0.15, -0.1) is 0 Å². The van der Waals surface area contributed by atoms with Crippen LogP contribution in [0.2, 0.25) is 0 Å². The van der Waals surface area contributed by atoms with Gasteiger partial charge in [-0.1, -0.05) is 30.1 Å². The van der Waals surface area contributed by atoms with Crippen molar-refractivity contribution in [1.29, 1.82) is 0 Å². The lowest BCUT2D eigenvalue weighted by Gasteiger charge is -2.29. The highest BCUT2D eigenvalue weighted by atomic mass is 32.2. The summed E-state index contributed by atoms with van der Waals surface area (Å²) in [7, 11) is -3.76. The van der Waals surface area contributed by atoms with E-state index in [1.807, 2.05) is 0 Å². The fourth-order valence-corrected chi connectivity index (χ4v) is 5.35. The zero-order valence-corrected chi connectivity index (χ0v) is 14.6. The monoisotopic (exact) mass is 352 g/mol. The summed E-state index contributed by atoms with van der Waals surface area (Å²) >= 11 is 0. The van der Waals surface area contributed by atoms with E-state index in [9.17, 15) is 12.8 Å². The third-order valence-corrected chi connectivity index (χ3v) is 6.62. The van der Waals surface area contributed by atoms with Crippen molar-refractivity contribution < 1.29 is 17.3 Å². The van der Waals surface area contributed by atoms with E-state index < -0.39 is 10.0 Å². The maximum Gasteiger partial charge on any atom is 0.249 e. The lowest BCUT2D eigenvalue weighted by atomic mass is 10.0. The molecule has 1 fully saturated rings. The maximum absolute atomic E-state index is 13.7. The van der Waals surface area contributed by atoms with Crippen LogP contribution in [0.5, 0.6) is 0 Å². The maximum atomic E-state index is 13.7. The van der Waals surface area contributed by atoms with Crippen LogP contribution in [-0.2, 0) is 10.0 Å². The molecule has 1 unspecified atom stereocenters. The van der Waals surface area contributed by atoms with Crippen molar-refractivity contribution in [2.45, 2.75) is 50.5 Å². The standard InChI is InChI=1S/C17H21FN2O3S/c1-12-17(13(2)23-19-12)24(21,22)20-10-5-3-4-9-16(20)14-7-6-8-15(18)11-14/h6-8,11,16H,3-5,9-10H2,1-2H3. The van der Waals surface area contributed by atoms with Crippen LogP contribution >= 0.6 is 0 Å². The Kier molecular flexibility index (Phi) is 4.73. The van der Waals surface area contributed by atoms with Gasteiger partial charge in [0.05, 0.1) is 6.04 Å². The highest BCUT2D eigenvalue weighted by Crippen LogP contribution is 2.36. The number of halogens is 1. The van der Waals surface area contributed by atoms with Crippen LogP contribution in [-0.4, -0.2) is 24.4 Å². The van der Waals surface area contributed by atoms with Gasteiger partial charge in [0.2, 0.25) is 10.0 Å². The molecule has 5 nitrogen and oxygen atoms in total. The number of hydrogen-bond acceptors (Lipinski definition) is 4. The highest BCUT2D eigenvalue weighted by molar-refractivity contribution is 7.89. The molecule has 2 aromatic rings. The smallest absolute Gasteiger partial charge is 0.249 e. The molecule has 0 N–H and O–H groups in total. The van der Waals surface area contributed by atoms with Crippen LogP contribution in [0.15, 0.2) is 33.7 Å². The zero-order chi connectivity index (χ0) is 17.3. The highest BCUT2D eigenvalue weighted by Gasteiger charge is 2.37. The zero-order valence-electron chi connectivity index (χ0n) is 13.8. The van der Waals surface area contributed by atoms with Crippen molar-refractivity contribution in [2.24, 2.45) is 0 Å². The number of aryl methyl sites for hydroxylation is 2. The van der Waals surface area contributed by atoms with Crippen molar-refractivity contribution in [3.63, 3.8) is 0 Å². The fourth-order valence-electron chi connectivity index (χ4n) is 3.38. The van der Waals surface area contributed by atoms with Gasteiger partial charge in [-0.05, 0) is 44.4 Å². The Morgan fingerprint density at radius 1 is 1.25 bits per heavy atom. The van der Waals surface area contributed by atoms with Gasteiger partial charge in [0.1, 0.15) is 16.4 Å². The summed E-state index contributed by atoms with van der Waals surface area (Å²) in [6.07, 6.45) is 3.33. The number of nitrogens with zero attached hydrogens (tertiary/aromatic N) is 2. The van der Waals surface area contributed by atoms with Gasteiger partial charge < -0.3 is 4.52 Å². The lowest BCUT2D eigenvalue weighted by Crippen LogP contribution is -2.35. The van der Waals surface area contributed by atoms with Gasteiger partial charge in [0.15, 0.2) is 5.76 Å². The molecule has 0 saturated carbocycles. The van der Waals surface area contributed by atoms with Crippen molar-refractivity contribution in [3.8, 4) is 0 Å². The Hall–Kier alpha value is -1.73. The molecule has 3 rings (SSSR count). The average molecular weight is 352 g/mol. The first-order valence-corrected chi connectivity index (χ1v) is 9.55. The number of sulfonamides is 1. The van der Waals surface area contributed by atoms with Crippen LogP contribution in [0.25, 0.3) is 0 Å². The largest absolute Gasteiger partial charge is 0.360 e. The Labute approximate surface area is 141 Å². The van der Waals surface area contributed by atoms with Gasteiger partial charge in [-0.2, -0.15) is 4.31 Å². The summed E-state index contributed by atoms with van der Waals surface area (Å²) in [6, 6.07) is 5.83. The van der Waals surface area contributed by atoms with E-state index in [1.54, 1.807) is 26.0 Å². The van der Waals surface area contributed by atoms with E-state index in [4.69, 9.17) is 4.52 Å². The molecule has 0 aliphatic carbocycles. The van der Waals surface area contributed by atoms with E-state index >= 15 is 0 Å². The van der Waals surface area contributed by atoms with E-state index in [-0.39, 0.29) is 22.5 Å². The summed E-state index contributed by atoms with van der Waals surface area (Å²) in [5.74, 6) is -0.0684. The molecule has 2 heterocycles. The molecule has 1 aliphatic rings. The van der Waals surface area contributed by atoms with E-state index in [0.29, 0.717) is 24.2 Å². The minimum atomic E-state index is -3.76. The van der Waals surface area contributed by atoms with E-state index in [2.05, 4.69) is 5.16 Å². The van der Waals surface area contributed by atoms with Gasteiger partial charge >= 0.3 is 0 Å². The second-order valence-corrected chi connectivity index (χ2v) is 8.02. The SMILES string of the molecule is Cc1noc(C)c1S(=O)(=O)N1CCCCCC1c1cccc(F)c1. The van der Waals surface area contributed by atoms with Crippen molar-refractivity contribution in [2.75, 3.05) is 6.54 Å². The summed E-state index contributed by atoms with van der Waals surface area (Å²) < 4.78 is 46.7. The Balaban J connectivity index is 2.08. The summed E-state index contributed by atoms with van der Waals surface area (Å²) in [4.78, 5) is 0.130. The van der Waals surface area contributed by atoms with Crippen LogP contribution in [0.3, 0.4) is 0 Å². The Bertz CT molecular complexity index is 813. The molecule has 1 aliphatic heterocycles. The van der Waals surface area contributed by atoms with Crippen LogP contribution < -0.4 is 0 Å². The van der Waals surface area contributed by atoms with E-state index in [0.717, 1.165) is 19.3 Å². The van der Waals surface area contributed by atoms with E-state index in [1.165, 1.54) is 16.4 Å². The molecule has 1 aromatic heterocycles. The quantitative estimate of drug-likeness (QED) is 0.844. The summed E-state index contributed by atoms with van der Waals surface area (Å²) in [5, 5.41) is 3.77. The van der Waals surface area contributed by atoms with Gasteiger partial charge in [0, 0.05) is 6.54 Å². The Morgan fingerprint density at radius 3 is 2.71 bits per heavy atom. The molecule has 0 spiro atoms. The molecule has 1 saturated heterocycles. The number of hydrogen-bond donors (Lipinski definition) is 0. The summed E-state index contributed by atoms with van der Waals surface area (Å²) in [6.45, 7) is 3.63. The lowest BCUT2D eigenvalue weighted by molar-refractivity contribution is 0.327. The number of rotatable bonds is 3. The third kappa shape index (κ3) is 3.10. The number of aromatic nitrogens is 1. The molecule has 7 heteroatoms. The summed E-state index contributed by atoms with van der Waals surface area (Å²) in [5.41, 5.74) is 1.04. The molecular weight excluding hydrogens is 331 g/mol. The van der Waals surface area contributed by atoms with Crippen LogP contribution in [0.4, 0.5) is 4.39 Å². The fraction of sp³-hybridized carbons (Fsp3) is 0.471. The predicted molar refractivity (Wildman–Crippen MR) is 87.5 cm³/mol. The van der Waals surface area contributed by atoms with Gasteiger partial charge in [-0.3, -0.25) is 0 Å². The molecule has 130 valence electrons. The molecule has 24 heavy (non-hydrogen) atoms. The van der Waals surface area contributed by atoms with Crippen molar-refractivity contribution in [1.82, 2.24) is 9.46 Å². The first-order valence-electron chi connectivity index (χ1n) is 8.11. The molecule has 0 amide bonds. The molecule has 1 atom stereocenters. The third-order valence-electron chi connectivity index (χ3n) is 4.47. The minimum absolute atomic E-state index is 0.130. The molecular formula is C17H21FN2O3S.